The van der Waals surface area contributed by atoms with E-state index in [1.165, 1.54) is 0 Å². The highest BCUT2D eigenvalue weighted by Crippen LogP contribution is 2.29. The number of nitrogens with one attached hydrogen (secondary N) is 1. The van der Waals surface area contributed by atoms with E-state index in [0.29, 0.717) is 30.3 Å². The molecule has 0 saturated carbocycles. The highest BCUT2D eigenvalue weighted by atomic mass is 16.5. The molecule has 6 nitrogen and oxygen atoms in total. The molecule has 1 N–H and O–H groups in total. The standard InChI is InChI=1S/C25H35N3O3/c1-4-17-31-23-12-11-21(18-24(23)30-5-2)25(29)26-22(20-9-7-6-8-10-20)19-28-15-13-27(3)14-16-28/h6-12,18,22H,4-5,13-17,19H2,1-3H3,(H,26,29). The predicted octanol–water partition coefficient (Wildman–Crippen LogP) is 3.59. The molecule has 1 amide bonds. The average Bonchev–Trinajstić information content (AvgIpc) is 2.80. The fourth-order valence-electron chi connectivity index (χ4n) is 3.70. The third-order valence-corrected chi connectivity index (χ3v) is 5.51. The first-order valence-corrected chi connectivity index (χ1v) is 11.3. The molecule has 1 heterocycles. The Balaban J connectivity index is 1.75. The molecule has 2 aromatic rings. The fraction of sp³-hybridized carbons (Fsp3) is 0.480. The van der Waals surface area contributed by atoms with Gasteiger partial charge in [-0.3, -0.25) is 9.69 Å². The van der Waals surface area contributed by atoms with E-state index in [1.54, 1.807) is 12.1 Å². The lowest BCUT2D eigenvalue weighted by molar-refractivity contribution is 0.0906. The summed E-state index contributed by atoms with van der Waals surface area (Å²) in [6.07, 6.45) is 0.916. The average molecular weight is 426 g/mol. The molecule has 168 valence electrons. The van der Waals surface area contributed by atoms with Gasteiger partial charge in [0, 0.05) is 38.3 Å². The van der Waals surface area contributed by atoms with Gasteiger partial charge in [0.05, 0.1) is 19.3 Å². The van der Waals surface area contributed by atoms with Crippen LogP contribution in [0.25, 0.3) is 0 Å². The lowest BCUT2D eigenvalue weighted by Gasteiger charge is -2.35. The largest absolute Gasteiger partial charge is 0.490 e. The van der Waals surface area contributed by atoms with Gasteiger partial charge in [0.1, 0.15) is 0 Å². The van der Waals surface area contributed by atoms with Gasteiger partial charge < -0.3 is 19.7 Å². The van der Waals surface area contributed by atoms with Crippen molar-refractivity contribution in [1.29, 1.82) is 0 Å². The Morgan fingerprint density at radius 1 is 1.00 bits per heavy atom. The number of benzene rings is 2. The zero-order valence-corrected chi connectivity index (χ0v) is 19.0. The van der Waals surface area contributed by atoms with Gasteiger partial charge in [0.15, 0.2) is 11.5 Å². The first kappa shape index (κ1) is 23.1. The van der Waals surface area contributed by atoms with Crippen LogP contribution in [-0.2, 0) is 0 Å². The number of carbonyl (C=O) groups excluding carboxylic acids is 1. The van der Waals surface area contributed by atoms with Crippen LogP contribution in [0.4, 0.5) is 0 Å². The van der Waals surface area contributed by atoms with Crippen LogP contribution in [0.5, 0.6) is 11.5 Å². The molecule has 0 aromatic heterocycles. The summed E-state index contributed by atoms with van der Waals surface area (Å²) < 4.78 is 11.5. The van der Waals surface area contributed by atoms with Crippen LogP contribution >= 0.6 is 0 Å². The number of piperazine rings is 1. The van der Waals surface area contributed by atoms with Crippen molar-refractivity contribution in [2.45, 2.75) is 26.3 Å². The van der Waals surface area contributed by atoms with Crippen LogP contribution in [0.15, 0.2) is 48.5 Å². The van der Waals surface area contributed by atoms with E-state index in [1.807, 2.05) is 31.2 Å². The minimum absolute atomic E-state index is 0.0799. The topological polar surface area (TPSA) is 54.0 Å². The number of nitrogens with zero attached hydrogens (tertiary/aromatic N) is 2. The van der Waals surface area contributed by atoms with Crippen molar-refractivity contribution in [3.05, 3.63) is 59.7 Å². The third-order valence-electron chi connectivity index (χ3n) is 5.51. The van der Waals surface area contributed by atoms with Gasteiger partial charge in [0.25, 0.3) is 5.91 Å². The van der Waals surface area contributed by atoms with Gasteiger partial charge in [-0.15, -0.1) is 0 Å². The van der Waals surface area contributed by atoms with E-state index < -0.39 is 0 Å². The Morgan fingerprint density at radius 3 is 2.42 bits per heavy atom. The van der Waals surface area contributed by atoms with Crippen molar-refractivity contribution >= 4 is 5.91 Å². The summed E-state index contributed by atoms with van der Waals surface area (Å²) in [7, 11) is 2.15. The second-order valence-electron chi connectivity index (χ2n) is 7.98. The van der Waals surface area contributed by atoms with Crippen molar-refractivity contribution < 1.29 is 14.3 Å². The highest BCUT2D eigenvalue weighted by molar-refractivity contribution is 5.95. The zero-order valence-electron chi connectivity index (χ0n) is 19.0. The van der Waals surface area contributed by atoms with Crippen LogP contribution in [0, 0.1) is 0 Å². The monoisotopic (exact) mass is 425 g/mol. The number of carbonyl (C=O) groups is 1. The van der Waals surface area contributed by atoms with Gasteiger partial charge in [0.2, 0.25) is 0 Å². The number of hydrogen-bond acceptors (Lipinski definition) is 5. The molecular weight excluding hydrogens is 390 g/mol. The number of ether oxygens (including phenoxy) is 2. The first-order chi connectivity index (χ1) is 15.1. The lowest BCUT2D eigenvalue weighted by atomic mass is 10.0. The van der Waals surface area contributed by atoms with Crippen molar-refractivity contribution in [3.8, 4) is 11.5 Å². The van der Waals surface area contributed by atoms with Crippen molar-refractivity contribution in [2.24, 2.45) is 0 Å². The van der Waals surface area contributed by atoms with Crippen LogP contribution < -0.4 is 14.8 Å². The Morgan fingerprint density at radius 2 is 1.74 bits per heavy atom. The summed E-state index contributed by atoms with van der Waals surface area (Å²) >= 11 is 0. The number of hydrogen-bond donors (Lipinski definition) is 1. The lowest BCUT2D eigenvalue weighted by Crippen LogP contribution is -2.47. The second kappa shape index (κ2) is 11.7. The molecule has 0 spiro atoms. The minimum atomic E-state index is -0.106. The molecule has 3 rings (SSSR count). The summed E-state index contributed by atoms with van der Waals surface area (Å²) in [6, 6.07) is 15.5. The molecule has 1 unspecified atom stereocenters. The van der Waals surface area contributed by atoms with Crippen molar-refractivity contribution in [2.75, 3.05) is 53.0 Å². The van der Waals surface area contributed by atoms with Gasteiger partial charge in [-0.05, 0) is 44.2 Å². The van der Waals surface area contributed by atoms with Crippen LogP contribution in [0.2, 0.25) is 0 Å². The molecule has 31 heavy (non-hydrogen) atoms. The molecule has 1 saturated heterocycles. The summed E-state index contributed by atoms with van der Waals surface area (Å²) in [5.74, 6) is 1.18. The van der Waals surface area contributed by atoms with Gasteiger partial charge in [-0.1, -0.05) is 37.3 Å². The van der Waals surface area contributed by atoms with Crippen LogP contribution in [0.1, 0.15) is 42.2 Å². The van der Waals surface area contributed by atoms with Gasteiger partial charge >= 0.3 is 0 Å². The summed E-state index contributed by atoms with van der Waals surface area (Å²) in [4.78, 5) is 17.9. The first-order valence-electron chi connectivity index (χ1n) is 11.3. The predicted molar refractivity (Wildman–Crippen MR) is 124 cm³/mol. The normalized spacial score (nSPS) is 16.0. The van der Waals surface area contributed by atoms with Gasteiger partial charge in [-0.25, -0.2) is 0 Å². The van der Waals surface area contributed by atoms with Gasteiger partial charge in [-0.2, -0.15) is 0 Å². The Hall–Kier alpha value is -2.57. The maximum Gasteiger partial charge on any atom is 0.251 e. The smallest absolute Gasteiger partial charge is 0.251 e. The second-order valence-corrected chi connectivity index (χ2v) is 7.98. The number of amides is 1. The van der Waals surface area contributed by atoms with Crippen LogP contribution in [0.3, 0.4) is 0 Å². The van der Waals surface area contributed by atoms with E-state index in [2.05, 4.69) is 41.2 Å². The zero-order chi connectivity index (χ0) is 22.1. The molecule has 1 atom stereocenters. The van der Waals surface area contributed by atoms with E-state index in [0.717, 1.165) is 44.7 Å². The molecule has 6 heteroatoms. The molecule has 0 radical (unpaired) electrons. The Kier molecular flexibility index (Phi) is 8.74. The number of likely N-dealkylation sites (N-methyl/N-ethyl adjacent to an activating group) is 1. The maximum atomic E-state index is 13.2. The molecule has 0 bridgehead atoms. The Labute approximate surface area is 186 Å². The fourth-order valence-corrected chi connectivity index (χ4v) is 3.70. The maximum absolute atomic E-state index is 13.2. The Bertz CT molecular complexity index is 820. The minimum Gasteiger partial charge on any atom is -0.490 e. The molecule has 1 fully saturated rings. The van der Waals surface area contributed by atoms with Crippen molar-refractivity contribution in [1.82, 2.24) is 15.1 Å². The van der Waals surface area contributed by atoms with E-state index in [9.17, 15) is 4.79 Å². The van der Waals surface area contributed by atoms with E-state index in [-0.39, 0.29) is 11.9 Å². The third kappa shape index (κ3) is 6.71. The highest BCUT2D eigenvalue weighted by Gasteiger charge is 2.22. The van der Waals surface area contributed by atoms with Crippen LogP contribution in [-0.4, -0.2) is 68.7 Å². The molecule has 0 aliphatic carbocycles. The van der Waals surface area contributed by atoms with Crippen molar-refractivity contribution in [3.63, 3.8) is 0 Å². The summed E-state index contributed by atoms with van der Waals surface area (Å²) in [5, 5.41) is 3.25. The van der Waals surface area contributed by atoms with E-state index >= 15 is 0 Å². The summed E-state index contributed by atoms with van der Waals surface area (Å²) in [6.45, 7) is 10.0. The number of rotatable bonds is 10. The molecular formula is C25H35N3O3. The summed E-state index contributed by atoms with van der Waals surface area (Å²) in [5.41, 5.74) is 1.69. The molecule has 1 aliphatic heterocycles. The molecule has 1 aliphatic rings. The van der Waals surface area contributed by atoms with E-state index in [4.69, 9.17) is 9.47 Å². The SMILES string of the molecule is CCCOc1ccc(C(=O)NC(CN2CCN(C)CC2)c2ccccc2)cc1OCC. The molecule has 2 aromatic carbocycles. The quantitative estimate of drug-likeness (QED) is 0.630.